The maximum Gasteiger partial charge on any atom is 0.280 e. The number of piperidine rings is 1. The van der Waals surface area contributed by atoms with Crippen LogP contribution in [-0.2, 0) is 10.2 Å². The van der Waals surface area contributed by atoms with Crippen molar-refractivity contribution in [2.45, 2.75) is 52.2 Å². The predicted octanol–water partition coefficient (Wildman–Crippen LogP) is 0.712. The van der Waals surface area contributed by atoms with Gasteiger partial charge in [-0.2, -0.15) is 17.4 Å². The molecular formula is C11H24N2O3S. The van der Waals surface area contributed by atoms with E-state index in [1.165, 1.54) is 4.31 Å². The molecular weight excluding hydrogens is 240 g/mol. The van der Waals surface area contributed by atoms with Crippen LogP contribution in [0.15, 0.2) is 0 Å². The molecule has 0 radical (unpaired) electrons. The molecule has 0 aliphatic carbocycles. The maximum absolute atomic E-state index is 12.2. The van der Waals surface area contributed by atoms with Gasteiger partial charge < -0.3 is 5.11 Å². The first-order valence-electron chi connectivity index (χ1n) is 6.12. The zero-order valence-electron chi connectivity index (χ0n) is 11.1. The second-order valence-electron chi connectivity index (χ2n) is 5.61. The molecule has 17 heavy (non-hydrogen) atoms. The van der Waals surface area contributed by atoms with Gasteiger partial charge in [-0.25, -0.2) is 0 Å². The molecule has 0 aromatic carbocycles. The molecule has 2 atom stereocenters. The normalized spacial score (nSPS) is 25.8. The van der Waals surface area contributed by atoms with Crippen molar-refractivity contribution in [2.24, 2.45) is 5.92 Å². The summed E-state index contributed by atoms with van der Waals surface area (Å²) in [7, 11) is -3.50. The lowest BCUT2D eigenvalue weighted by Crippen LogP contribution is -2.56. The Morgan fingerprint density at radius 1 is 1.47 bits per heavy atom. The number of nitrogens with one attached hydrogen (secondary N) is 1. The number of aliphatic hydroxyl groups is 1. The van der Waals surface area contributed by atoms with Crippen LogP contribution in [0.25, 0.3) is 0 Å². The highest BCUT2D eigenvalue weighted by molar-refractivity contribution is 7.87. The highest BCUT2D eigenvalue weighted by Gasteiger charge is 2.34. The zero-order valence-corrected chi connectivity index (χ0v) is 11.9. The van der Waals surface area contributed by atoms with Crippen molar-refractivity contribution in [1.29, 1.82) is 0 Å². The lowest BCUT2D eigenvalue weighted by molar-refractivity contribution is 0.109. The van der Waals surface area contributed by atoms with E-state index < -0.39 is 21.9 Å². The third kappa shape index (κ3) is 3.91. The van der Waals surface area contributed by atoms with Gasteiger partial charge in [0.05, 0.1) is 11.6 Å². The summed E-state index contributed by atoms with van der Waals surface area (Å²) in [6.07, 6.45) is 1.24. The molecule has 0 aromatic heterocycles. The summed E-state index contributed by atoms with van der Waals surface area (Å²) in [6, 6.07) is 0. The average Bonchev–Trinajstić information content (AvgIpc) is 2.15. The molecule has 1 saturated heterocycles. The van der Waals surface area contributed by atoms with Crippen LogP contribution in [0, 0.1) is 5.92 Å². The number of hydrogen-bond acceptors (Lipinski definition) is 3. The summed E-state index contributed by atoms with van der Waals surface area (Å²) in [4.78, 5) is 0. The first kappa shape index (κ1) is 14.9. The van der Waals surface area contributed by atoms with Crippen molar-refractivity contribution < 1.29 is 13.5 Å². The standard InChI is InChI=1S/C11H24N2O3S/c1-9-6-5-7-13(8-9)17(15,16)12-11(3,4)10(2)14/h9-10,12,14H,5-8H2,1-4H3. The summed E-state index contributed by atoms with van der Waals surface area (Å²) in [5, 5.41) is 9.55. The molecule has 5 nitrogen and oxygen atoms in total. The van der Waals surface area contributed by atoms with Gasteiger partial charge in [0.25, 0.3) is 10.2 Å². The van der Waals surface area contributed by atoms with Crippen LogP contribution in [0.5, 0.6) is 0 Å². The third-order valence-corrected chi connectivity index (χ3v) is 5.19. The Morgan fingerprint density at radius 3 is 2.53 bits per heavy atom. The SMILES string of the molecule is CC1CCCN(S(=O)(=O)NC(C)(C)C(C)O)C1. The predicted molar refractivity (Wildman–Crippen MR) is 67.8 cm³/mol. The second kappa shape index (κ2) is 5.22. The van der Waals surface area contributed by atoms with Crippen molar-refractivity contribution in [3.8, 4) is 0 Å². The molecule has 0 saturated carbocycles. The van der Waals surface area contributed by atoms with E-state index in [-0.39, 0.29) is 0 Å². The zero-order chi connectivity index (χ0) is 13.3. The molecule has 1 rings (SSSR count). The molecule has 1 heterocycles. The van der Waals surface area contributed by atoms with E-state index in [0.29, 0.717) is 19.0 Å². The first-order valence-corrected chi connectivity index (χ1v) is 7.56. The van der Waals surface area contributed by atoms with Crippen LogP contribution in [-0.4, -0.2) is 42.6 Å². The van der Waals surface area contributed by atoms with E-state index in [9.17, 15) is 13.5 Å². The molecule has 0 aromatic rings. The van der Waals surface area contributed by atoms with Crippen molar-refractivity contribution in [2.75, 3.05) is 13.1 Å². The molecule has 102 valence electrons. The van der Waals surface area contributed by atoms with Gasteiger partial charge in [-0.3, -0.25) is 0 Å². The molecule has 0 bridgehead atoms. The average molecular weight is 264 g/mol. The number of aliphatic hydroxyl groups excluding tert-OH is 1. The molecule has 1 fully saturated rings. The molecule has 2 unspecified atom stereocenters. The fourth-order valence-electron chi connectivity index (χ4n) is 1.85. The van der Waals surface area contributed by atoms with E-state index in [0.717, 1.165) is 12.8 Å². The van der Waals surface area contributed by atoms with E-state index in [1.807, 2.05) is 0 Å². The highest BCUT2D eigenvalue weighted by Crippen LogP contribution is 2.19. The molecule has 1 aliphatic rings. The minimum Gasteiger partial charge on any atom is -0.391 e. The molecule has 0 spiro atoms. The van der Waals surface area contributed by atoms with Crippen LogP contribution in [0.3, 0.4) is 0 Å². The Bertz CT molecular complexity index is 352. The maximum atomic E-state index is 12.2. The highest BCUT2D eigenvalue weighted by atomic mass is 32.2. The van der Waals surface area contributed by atoms with Gasteiger partial charge in [-0.05, 0) is 39.5 Å². The monoisotopic (exact) mass is 264 g/mol. The topological polar surface area (TPSA) is 69.6 Å². The lowest BCUT2D eigenvalue weighted by Gasteiger charge is -2.35. The Balaban J connectivity index is 2.75. The minimum absolute atomic E-state index is 0.398. The fourth-order valence-corrected chi connectivity index (χ4v) is 3.63. The Kier molecular flexibility index (Phi) is 4.57. The first-order chi connectivity index (χ1) is 7.65. The van der Waals surface area contributed by atoms with Crippen molar-refractivity contribution in [3.63, 3.8) is 0 Å². The van der Waals surface area contributed by atoms with Gasteiger partial charge in [-0.15, -0.1) is 0 Å². The fraction of sp³-hybridized carbons (Fsp3) is 1.00. The summed E-state index contributed by atoms with van der Waals surface area (Å²) < 4.78 is 28.4. The smallest absolute Gasteiger partial charge is 0.280 e. The van der Waals surface area contributed by atoms with E-state index in [2.05, 4.69) is 11.6 Å². The van der Waals surface area contributed by atoms with Crippen molar-refractivity contribution in [3.05, 3.63) is 0 Å². The number of hydrogen-bond donors (Lipinski definition) is 2. The van der Waals surface area contributed by atoms with Crippen LogP contribution >= 0.6 is 0 Å². The molecule has 0 amide bonds. The van der Waals surface area contributed by atoms with Crippen LogP contribution in [0.2, 0.25) is 0 Å². The van der Waals surface area contributed by atoms with Crippen LogP contribution in [0.1, 0.15) is 40.5 Å². The van der Waals surface area contributed by atoms with Gasteiger partial charge in [0.2, 0.25) is 0 Å². The van der Waals surface area contributed by atoms with Crippen molar-refractivity contribution in [1.82, 2.24) is 9.03 Å². The van der Waals surface area contributed by atoms with Gasteiger partial charge in [-0.1, -0.05) is 6.92 Å². The Labute approximate surface area is 104 Å². The molecule has 2 N–H and O–H groups in total. The summed E-state index contributed by atoms with van der Waals surface area (Å²) in [6.45, 7) is 8.13. The lowest BCUT2D eigenvalue weighted by atomic mass is 10.0. The van der Waals surface area contributed by atoms with Gasteiger partial charge >= 0.3 is 0 Å². The van der Waals surface area contributed by atoms with Gasteiger partial charge in [0.15, 0.2) is 0 Å². The second-order valence-corrected chi connectivity index (χ2v) is 7.28. The summed E-state index contributed by atoms with van der Waals surface area (Å²) in [5.41, 5.74) is -0.848. The van der Waals surface area contributed by atoms with Crippen LogP contribution in [0.4, 0.5) is 0 Å². The number of nitrogens with zero attached hydrogens (tertiary/aromatic N) is 1. The summed E-state index contributed by atoms with van der Waals surface area (Å²) >= 11 is 0. The number of rotatable bonds is 4. The van der Waals surface area contributed by atoms with E-state index in [4.69, 9.17) is 0 Å². The van der Waals surface area contributed by atoms with E-state index >= 15 is 0 Å². The molecule has 6 heteroatoms. The third-order valence-electron chi connectivity index (χ3n) is 3.40. The van der Waals surface area contributed by atoms with Crippen LogP contribution < -0.4 is 4.72 Å². The summed E-state index contributed by atoms with van der Waals surface area (Å²) in [5.74, 6) is 0.398. The Morgan fingerprint density at radius 2 is 2.06 bits per heavy atom. The van der Waals surface area contributed by atoms with Crippen molar-refractivity contribution >= 4 is 10.2 Å². The van der Waals surface area contributed by atoms with Gasteiger partial charge in [0.1, 0.15) is 0 Å². The Hall–Kier alpha value is -0.170. The minimum atomic E-state index is -3.50. The van der Waals surface area contributed by atoms with Gasteiger partial charge in [0, 0.05) is 13.1 Å². The van der Waals surface area contributed by atoms with E-state index in [1.54, 1.807) is 20.8 Å². The largest absolute Gasteiger partial charge is 0.391 e. The molecule has 1 aliphatic heterocycles. The quantitative estimate of drug-likeness (QED) is 0.786.